The molecule has 2 heterocycles. The van der Waals surface area contributed by atoms with Crippen LogP contribution in [-0.4, -0.2) is 23.1 Å². The molecule has 0 atom stereocenters. The third-order valence-electron chi connectivity index (χ3n) is 2.01. The minimum atomic E-state index is 0.940. The van der Waals surface area contributed by atoms with Crippen molar-refractivity contribution in [3.63, 3.8) is 0 Å². The van der Waals surface area contributed by atoms with Crippen molar-refractivity contribution in [3.05, 3.63) is 29.1 Å². The normalized spacial score (nSPS) is 16.2. The summed E-state index contributed by atoms with van der Waals surface area (Å²) in [5.41, 5.74) is 0. The smallest absolute Gasteiger partial charge is 0.146 e. The largest absolute Gasteiger partial charge is 0.352 e. The predicted octanol–water partition coefficient (Wildman–Crippen LogP) is 2.01. The van der Waals surface area contributed by atoms with Crippen LogP contribution in [0.15, 0.2) is 29.1 Å². The van der Waals surface area contributed by atoms with Gasteiger partial charge in [-0.3, -0.25) is 0 Å². The Bertz CT molecular complexity index is 324. The van der Waals surface area contributed by atoms with Gasteiger partial charge in [0.1, 0.15) is 12.1 Å². The zero-order valence-corrected chi connectivity index (χ0v) is 8.74. The third-order valence-corrected chi connectivity index (χ3v) is 2.57. The molecular weight excluding hydrogens is 230 g/mol. The van der Waals surface area contributed by atoms with E-state index < -0.39 is 0 Å². The van der Waals surface area contributed by atoms with Gasteiger partial charge < -0.3 is 4.90 Å². The average Bonchev–Trinajstić information content (AvgIpc) is 2.20. The predicted molar refractivity (Wildman–Crippen MR) is 55.7 cm³/mol. The summed E-state index contributed by atoms with van der Waals surface area (Å²) in [6.45, 7) is 1.97. The maximum Gasteiger partial charge on any atom is 0.146 e. The Hall–Kier alpha value is -0.900. The van der Waals surface area contributed by atoms with Crippen molar-refractivity contribution < 1.29 is 0 Å². The van der Waals surface area contributed by atoms with Crippen LogP contribution in [0.25, 0.3) is 0 Å². The molecule has 1 aromatic rings. The Morgan fingerprint density at radius 3 is 3.00 bits per heavy atom. The van der Waals surface area contributed by atoms with E-state index in [1.54, 1.807) is 12.5 Å². The number of hydrogen-bond acceptors (Lipinski definition) is 3. The molecule has 0 aromatic carbocycles. The van der Waals surface area contributed by atoms with E-state index in [9.17, 15) is 0 Å². The first-order valence-corrected chi connectivity index (χ1v) is 5.02. The van der Waals surface area contributed by atoms with Crippen molar-refractivity contribution in [2.45, 2.75) is 6.42 Å². The van der Waals surface area contributed by atoms with Crippen LogP contribution in [0.4, 0.5) is 5.82 Å². The quantitative estimate of drug-likeness (QED) is 0.703. The minimum Gasteiger partial charge on any atom is -0.352 e. The highest BCUT2D eigenvalue weighted by Gasteiger charge is 2.11. The topological polar surface area (TPSA) is 29.0 Å². The van der Waals surface area contributed by atoms with Crippen LogP contribution in [0.1, 0.15) is 6.42 Å². The minimum absolute atomic E-state index is 0.940. The van der Waals surface area contributed by atoms with Gasteiger partial charge in [0, 0.05) is 19.3 Å². The molecule has 1 aliphatic heterocycles. The maximum atomic E-state index is 4.24. The van der Waals surface area contributed by atoms with E-state index in [-0.39, 0.29) is 0 Å². The second-order valence-electron chi connectivity index (χ2n) is 2.90. The van der Waals surface area contributed by atoms with Crippen LogP contribution in [0.2, 0.25) is 0 Å². The van der Waals surface area contributed by atoms with E-state index in [0.29, 0.717) is 0 Å². The zero-order valence-electron chi connectivity index (χ0n) is 7.15. The second kappa shape index (κ2) is 3.87. The van der Waals surface area contributed by atoms with Gasteiger partial charge >= 0.3 is 0 Å². The van der Waals surface area contributed by atoms with E-state index in [1.807, 2.05) is 0 Å². The van der Waals surface area contributed by atoms with Gasteiger partial charge in [-0.25, -0.2) is 9.97 Å². The van der Waals surface area contributed by atoms with Crippen LogP contribution < -0.4 is 4.90 Å². The number of aromatic nitrogens is 2. The van der Waals surface area contributed by atoms with Crippen LogP contribution in [0, 0.1) is 0 Å². The van der Waals surface area contributed by atoms with Gasteiger partial charge in [0.2, 0.25) is 0 Å². The molecule has 2 rings (SSSR count). The molecule has 0 aliphatic carbocycles. The van der Waals surface area contributed by atoms with E-state index in [4.69, 9.17) is 0 Å². The molecule has 1 aliphatic rings. The second-order valence-corrected chi connectivity index (χ2v) is 3.75. The SMILES string of the molecule is Brc1cncnc1N1CC=CCC1. The summed E-state index contributed by atoms with van der Waals surface area (Å²) in [4.78, 5) is 10.4. The maximum absolute atomic E-state index is 4.24. The Morgan fingerprint density at radius 1 is 1.38 bits per heavy atom. The van der Waals surface area contributed by atoms with Gasteiger partial charge in [-0.05, 0) is 22.4 Å². The van der Waals surface area contributed by atoms with Gasteiger partial charge in [-0.15, -0.1) is 0 Å². The van der Waals surface area contributed by atoms with Gasteiger partial charge in [-0.2, -0.15) is 0 Å². The molecule has 0 N–H and O–H groups in total. The Balaban J connectivity index is 2.24. The van der Waals surface area contributed by atoms with Crippen LogP contribution >= 0.6 is 15.9 Å². The summed E-state index contributed by atoms with van der Waals surface area (Å²) >= 11 is 3.44. The average molecular weight is 240 g/mol. The van der Waals surface area contributed by atoms with Crippen molar-refractivity contribution in [2.75, 3.05) is 18.0 Å². The van der Waals surface area contributed by atoms with Crippen molar-refractivity contribution in [1.82, 2.24) is 9.97 Å². The first-order valence-electron chi connectivity index (χ1n) is 4.23. The molecule has 0 radical (unpaired) electrons. The van der Waals surface area contributed by atoms with E-state index in [1.165, 1.54) is 0 Å². The fourth-order valence-electron chi connectivity index (χ4n) is 1.37. The lowest BCUT2D eigenvalue weighted by molar-refractivity contribution is 0.799. The molecule has 0 saturated carbocycles. The molecule has 3 nitrogen and oxygen atoms in total. The lowest BCUT2D eigenvalue weighted by Gasteiger charge is -2.24. The van der Waals surface area contributed by atoms with Crippen molar-refractivity contribution in [1.29, 1.82) is 0 Å². The van der Waals surface area contributed by atoms with Crippen molar-refractivity contribution in [2.24, 2.45) is 0 Å². The fraction of sp³-hybridized carbons (Fsp3) is 0.333. The summed E-state index contributed by atoms with van der Waals surface area (Å²) in [5.74, 6) is 0.986. The molecule has 0 saturated heterocycles. The fourth-order valence-corrected chi connectivity index (χ4v) is 1.84. The molecule has 0 spiro atoms. The Labute approximate surface area is 85.6 Å². The highest BCUT2D eigenvalue weighted by atomic mass is 79.9. The summed E-state index contributed by atoms with van der Waals surface area (Å²) in [6.07, 6.45) is 8.82. The molecule has 13 heavy (non-hydrogen) atoms. The monoisotopic (exact) mass is 239 g/mol. The molecule has 1 aromatic heterocycles. The Kier molecular flexibility index (Phi) is 2.59. The Morgan fingerprint density at radius 2 is 2.31 bits per heavy atom. The van der Waals surface area contributed by atoms with Gasteiger partial charge in [-0.1, -0.05) is 12.2 Å². The molecule has 0 unspecified atom stereocenters. The van der Waals surface area contributed by atoms with E-state index in [0.717, 1.165) is 29.8 Å². The summed E-state index contributed by atoms with van der Waals surface area (Å²) in [6, 6.07) is 0. The van der Waals surface area contributed by atoms with Gasteiger partial charge in [0.15, 0.2) is 0 Å². The number of rotatable bonds is 1. The summed E-state index contributed by atoms with van der Waals surface area (Å²) < 4.78 is 0.963. The van der Waals surface area contributed by atoms with Crippen molar-refractivity contribution in [3.8, 4) is 0 Å². The van der Waals surface area contributed by atoms with Gasteiger partial charge in [0.25, 0.3) is 0 Å². The third kappa shape index (κ3) is 1.88. The molecule has 0 amide bonds. The zero-order chi connectivity index (χ0) is 9.10. The van der Waals surface area contributed by atoms with Crippen molar-refractivity contribution >= 4 is 21.7 Å². The molecule has 0 bridgehead atoms. The van der Waals surface area contributed by atoms with Crippen LogP contribution in [0.3, 0.4) is 0 Å². The van der Waals surface area contributed by atoms with Crippen LogP contribution in [-0.2, 0) is 0 Å². The standard InChI is InChI=1S/C9H10BrN3/c10-8-6-11-7-12-9(8)13-4-2-1-3-5-13/h1-2,6-7H,3-5H2. The highest BCUT2D eigenvalue weighted by molar-refractivity contribution is 9.10. The van der Waals surface area contributed by atoms with E-state index >= 15 is 0 Å². The number of halogens is 1. The number of hydrogen-bond donors (Lipinski definition) is 0. The van der Waals surface area contributed by atoms with E-state index in [2.05, 4.69) is 42.9 Å². The highest BCUT2D eigenvalue weighted by Crippen LogP contribution is 2.22. The molecule has 68 valence electrons. The lowest BCUT2D eigenvalue weighted by atomic mass is 10.2. The first-order chi connectivity index (χ1) is 6.38. The van der Waals surface area contributed by atoms with Gasteiger partial charge in [0.05, 0.1) is 4.47 Å². The number of nitrogens with zero attached hydrogens (tertiary/aromatic N) is 3. The number of anilines is 1. The summed E-state index contributed by atoms with van der Waals surface area (Å²) in [7, 11) is 0. The molecule has 0 fully saturated rings. The summed E-state index contributed by atoms with van der Waals surface area (Å²) in [5, 5.41) is 0. The molecule has 4 heteroatoms. The lowest BCUT2D eigenvalue weighted by Crippen LogP contribution is -2.27. The first kappa shape index (κ1) is 8.69. The van der Waals surface area contributed by atoms with Crippen LogP contribution in [0.5, 0.6) is 0 Å². The molecular formula is C9H10BrN3.